The Kier molecular flexibility index (Phi) is 2.08. The number of fused-ring (bicyclic) bond motifs is 1. The normalized spacial score (nSPS) is 12.2. The SMILES string of the molecule is CC(C)(O)Cc1cccc2cc[nH]c12. The Morgan fingerprint density at radius 3 is 2.79 bits per heavy atom. The van der Waals surface area contributed by atoms with Gasteiger partial charge in [-0.1, -0.05) is 18.2 Å². The number of rotatable bonds is 2. The Morgan fingerprint density at radius 2 is 2.07 bits per heavy atom. The standard InChI is InChI=1S/C12H15NO/c1-12(2,14)8-10-5-3-4-9-6-7-13-11(9)10/h3-7,13-14H,8H2,1-2H3. The molecule has 0 aliphatic heterocycles. The van der Waals surface area contributed by atoms with E-state index in [1.165, 1.54) is 10.9 Å². The molecule has 2 heteroatoms. The van der Waals surface area contributed by atoms with Gasteiger partial charge in [-0.05, 0) is 30.9 Å². The second-order valence-corrected chi connectivity index (χ2v) is 4.35. The molecule has 0 unspecified atom stereocenters. The van der Waals surface area contributed by atoms with Crippen LogP contribution in [0.25, 0.3) is 10.9 Å². The fourth-order valence-corrected chi connectivity index (χ4v) is 1.76. The number of benzene rings is 1. The highest BCUT2D eigenvalue weighted by atomic mass is 16.3. The maximum Gasteiger partial charge on any atom is 0.0632 e. The molecule has 0 aliphatic rings. The molecule has 14 heavy (non-hydrogen) atoms. The molecule has 2 N–H and O–H groups in total. The summed E-state index contributed by atoms with van der Waals surface area (Å²) in [5, 5.41) is 11.0. The summed E-state index contributed by atoms with van der Waals surface area (Å²) < 4.78 is 0. The van der Waals surface area contributed by atoms with Gasteiger partial charge in [-0.3, -0.25) is 0 Å². The van der Waals surface area contributed by atoms with Crippen LogP contribution in [0.2, 0.25) is 0 Å². The third-order valence-electron chi connectivity index (χ3n) is 2.30. The van der Waals surface area contributed by atoms with Gasteiger partial charge < -0.3 is 10.1 Å². The molecule has 0 spiro atoms. The van der Waals surface area contributed by atoms with Crippen LogP contribution >= 0.6 is 0 Å². The van der Waals surface area contributed by atoms with Gasteiger partial charge in [0.25, 0.3) is 0 Å². The summed E-state index contributed by atoms with van der Waals surface area (Å²) in [5.41, 5.74) is 1.65. The molecule has 74 valence electrons. The van der Waals surface area contributed by atoms with E-state index in [-0.39, 0.29) is 0 Å². The van der Waals surface area contributed by atoms with Gasteiger partial charge in [0.05, 0.1) is 5.60 Å². The zero-order valence-corrected chi connectivity index (χ0v) is 8.54. The number of hydrogen-bond acceptors (Lipinski definition) is 1. The van der Waals surface area contributed by atoms with Crippen LogP contribution < -0.4 is 0 Å². The van der Waals surface area contributed by atoms with Crippen LogP contribution in [0.4, 0.5) is 0 Å². The number of aromatic nitrogens is 1. The zero-order valence-electron chi connectivity index (χ0n) is 8.54. The second kappa shape index (κ2) is 3.14. The highest BCUT2D eigenvalue weighted by molar-refractivity contribution is 5.82. The van der Waals surface area contributed by atoms with Crippen molar-refractivity contribution in [3.05, 3.63) is 36.0 Å². The van der Waals surface area contributed by atoms with Crippen LogP contribution in [-0.2, 0) is 6.42 Å². The van der Waals surface area contributed by atoms with Crippen molar-refractivity contribution in [1.82, 2.24) is 4.98 Å². The lowest BCUT2D eigenvalue weighted by Gasteiger charge is -2.17. The molecule has 0 aliphatic carbocycles. The first-order chi connectivity index (χ1) is 6.56. The van der Waals surface area contributed by atoms with Crippen LogP contribution in [-0.4, -0.2) is 15.7 Å². The summed E-state index contributed by atoms with van der Waals surface area (Å²) in [6, 6.07) is 8.19. The Morgan fingerprint density at radius 1 is 1.29 bits per heavy atom. The fraction of sp³-hybridized carbons (Fsp3) is 0.333. The molecule has 1 heterocycles. The monoisotopic (exact) mass is 189 g/mol. The molecule has 2 nitrogen and oxygen atoms in total. The number of para-hydroxylation sites is 1. The quantitative estimate of drug-likeness (QED) is 0.748. The van der Waals surface area contributed by atoms with E-state index in [4.69, 9.17) is 0 Å². The average Bonchev–Trinajstić information content (AvgIpc) is 2.49. The van der Waals surface area contributed by atoms with E-state index in [0.717, 1.165) is 5.52 Å². The van der Waals surface area contributed by atoms with E-state index in [9.17, 15) is 5.11 Å². The van der Waals surface area contributed by atoms with Gasteiger partial charge in [-0.25, -0.2) is 0 Å². The third kappa shape index (κ3) is 1.80. The fourth-order valence-electron chi connectivity index (χ4n) is 1.76. The van der Waals surface area contributed by atoms with Crippen molar-refractivity contribution in [2.45, 2.75) is 25.9 Å². The number of nitrogens with one attached hydrogen (secondary N) is 1. The molecule has 0 amide bonds. The Hall–Kier alpha value is -1.28. The Labute approximate surface area is 83.6 Å². The molecule has 0 saturated heterocycles. The first-order valence-corrected chi connectivity index (χ1v) is 4.84. The lowest BCUT2D eigenvalue weighted by Crippen LogP contribution is -2.21. The smallest absolute Gasteiger partial charge is 0.0632 e. The number of H-pyrrole nitrogens is 1. The Balaban J connectivity index is 2.46. The second-order valence-electron chi connectivity index (χ2n) is 4.35. The van der Waals surface area contributed by atoms with E-state index in [1.54, 1.807) is 0 Å². The molecular weight excluding hydrogens is 174 g/mol. The van der Waals surface area contributed by atoms with Gasteiger partial charge >= 0.3 is 0 Å². The molecule has 1 aromatic carbocycles. The first-order valence-electron chi connectivity index (χ1n) is 4.84. The molecule has 0 atom stereocenters. The average molecular weight is 189 g/mol. The predicted octanol–water partition coefficient (Wildman–Crippen LogP) is 2.48. The minimum atomic E-state index is -0.653. The summed E-state index contributed by atoms with van der Waals surface area (Å²) in [5.74, 6) is 0. The van der Waals surface area contributed by atoms with E-state index < -0.39 is 5.60 Å². The molecule has 1 aromatic heterocycles. The number of hydrogen-bond donors (Lipinski definition) is 2. The zero-order chi connectivity index (χ0) is 10.2. The van der Waals surface area contributed by atoms with Crippen molar-refractivity contribution in [2.75, 3.05) is 0 Å². The van der Waals surface area contributed by atoms with E-state index in [2.05, 4.69) is 17.1 Å². The summed E-state index contributed by atoms with van der Waals surface area (Å²) >= 11 is 0. The van der Waals surface area contributed by atoms with Crippen LogP contribution in [0.5, 0.6) is 0 Å². The summed E-state index contributed by atoms with van der Waals surface area (Å²) in [6.07, 6.45) is 2.60. The van der Waals surface area contributed by atoms with Crippen molar-refractivity contribution in [1.29, 1.82) is 0 Å². The summed E-state index contributed by atoms with van der Waals surface area (Å²) in [6.45, 7) is 3.66. The maximum atomic E-state index is 9.75. The van der Waals surface area contributed by atoms with Gasteiger partial charge in [0.2, 0.25) is 0 Å². The van der Waals surface area contributed by atoms with Crippen molar-refractivity contribution in [2.24, 2.45) is 0 Å². The predicted molar refractivity (Wildman–Crippen MR) is 58.3 cm³/mol. The van der Waals surface area contributed by atoms with E-state index >= 15 is 0 Å². The van der Waals surface area contributed by atoms with Crippen molar-refractivity contribution >= 4 is 10.9 Å². The first kappa shape index (κ1) is 9.28. The topological polar surface area (TPSA) is 36.0 Å². The highest BCUT2D eigenvalue weighted by Gasteiger charge is 2.15. The summed E-state index contributed by atoms with van der Waals surface area (Å²) in [7, 11) is 0. The molecule has 2 rings (SSSR count). The molecule has 0 fully saturated rings. The van der Waals surface area contributed by atoms with Crippen molar-refractivity contribution in [3.8, 4) is 0 Å². The van der Waals surface area contributed by atoms with Gasteiger partial charge in [-0.2, -0.15) is 0 Å². The minimum Gasteiger partial charge on any atom is -0.390 e. The van der Waals surface area contributed by atoms with E-state index in [0.29, 0.717) is 6.42 Å². The van der Waals surface area contributed by atoms with Gasteiger partial charge in [0, 0.05) is 18.1 Å². The van der Waals surface area contributed by atoms with Crippen LogP contribution in [0.3, 0.4) is 0 Å². The summed E-state index contributed by atoms with van der Waals surface area (Å²) in [4.78, 5) is 3.20. The van der Waals surface area contributed by atoms with Gasteiger partial charge in [-0.15, -0.1) is 0 Å². The van der Waals surface area contributed by atoms with Crippen molar-refractivity contribution < 1.29 is 5.11 Å². The Bertz CT molecular complexity index is 437. The lowest BCUT2D eigenvalue weighted by atomic mass is 9.97. The highest BCUT2D eigenvalue weighted by Crippen LogP contribution is 2.21. The van der Waals surface area contributed by atoms with E-state index in [1.807, 2.05) is 32.2 Å². The molecule has 2 aromatic rings. The lowest BCUT2D eigenvalue weighted by molar-refractivity contribution is 0.0813. The van der Waals surface area contributed by atoms with Gasteiger partial charge in [0.1, 0.15) is 0 Å². The molecular formula is C12H15NO. The van der Waals surface area contributed by atoms with Crippen molar-refractivity contribution in [3.63, 3.8) is 0 Å². The number of aliphatic hydroxyl groups is 1. The molecule has 0 saturated carbocycles. The maximum absolute atomic E-state index is 9.75. The number of aromatic amines is 1. The third-order valence-corrected chi connectivity index (χ3v) is 2.30. The van der Waals surface area contributed by atoms with Crippen LogP contribution in [0.1, 0.15) is 19.4 Å². The molecule has 0 bridgehead atoms. The van der Waals surface area contributed by atoms with Crippen LogP contribution in [0.15, 0.2) is 30.5 Å². The van der Waals surface area contributed by atoms with Crippen LogP contribution in [0, 0.1) is 0 Å². The molecule has 0 radical (unpaired) electrons. The van der Waals surface area contributed by atoms with Gasteiger partial charge in [0.15, 0.2) is 0 Å². The minimum absolute atomic E-state index is 0.653. The largest absolute Gasteiger partial charge is 0.390 e.